The topological polar surface area (TPSA) is 0 Å². The molecule has 0 heteroatoms. The average Bonchev–Trinajstić information content (AvgIpc) is 2.22. The van der Waals surface area contributed by atoms with Crippen molar-refractivity contribution >= 4 is 0 Å². The molecule has 0 aliphatic heterocycles. The molecule has 0 N–H and O–H groups in total. The molecule has 1 aliphatic rings. The van der Waals surface area contributed by atoms with Crippen LogP contribution < -0.4 is 0 Å². The van der Waals surface area contributed by atoms with Crippen LogP contribution in [0.2, 0.25) is 0 Å². The van der Waals surface area contributed by atoms with Crippen LogP contribution in [-0.4, -0.2) is 0 Å². The second kappa shape index (κ2) is 8.55. The first-order valence-electron chi connectivity index (χ1n) is 5.62. The lowest BCUT2D eigenvalue weighted by atomic mass is 10.1. The number of allylic oxidation sites excluding steroid dienone is 8. The second-order valence-corrected chi connectivity index (χ2v) is 3.55. The molecule has 0 radical (unpaired) electrons. The van der Waals surface area contributed by atoms with E-state index < -0.39 is 0 Å². The van der Waals surface area contributed by atoms with Crippen molar-refractivity contribution in [2.45, 2.75) is 38.5 Å². The van der Waals surface area contributed by atoms with Gasteiger partial charge in [-0.25, -0.2) is 0 Å². The molecule has 0 heterocycles. The summed E-state index contributed by atoms with van der Waals surface area (Å²) < 4.78 is 0. The van der Waals surface area contributed by atoms with Crippen molar-refractivity contribution in [2.75, 3.05) is 0 Å². The summed E-state index contributed by atoms with van der Waals surface area (Å²) in [5.41, 5.74) is 0. The summed E-state index contributed by atoms with van der Waals surface area (Å²) in [4.78, 5) is 0. The Bertz CT molecular complexity index is 228. The predicted molar refractivity (Wildman–Crippen MR) is 64.3 cm³/mol. The van der Waals surface area contributed by atoms with Gasteiger partial charge in [0.15, 0.2) is 0 Å². The minimum atomic E-state index is 1.05. The van der Waals surface area contributed by atoms with Crippen LogP contribution in [0.5, 0.6) is 0 Å². The minimum absolute atomic E-state index is 1.05. The molecule has 0 aromatic carbocycles. The van der Waals surface area contributed by atoms with E-state index in [1.807, 2.05) is 0 Å². The fourth-order valence-electron chi connectivity index (χ4n) is 1.42. The Hall–Kier alpha value is -1.04. The van der Waals surface area contributed by atoms with Crippen LogP contribution in [0.1, 0.15) is 38.5 Å². The first-order valence-corrected chi connectivity index (χ1v) is 5.62. The van der Waals surface area contributed by atoms with Gasteiger partial charge >= 0.3 is 0 Å². The molecule has 0 aromatic heterocycles. The summed E-state index contributed by atoms with van der Waals surface area (Å²) in [5.74, 6) is 0. The van der Waals surface area contributed by atoms with Gasteiger partial charge in [-0.1, -0.05) is 48.6 Å². The lowest BCUT2D eigenvalue weighted by molar-refractivity contribution is 0.761. The molecule has 76 valence electrons. The number of hydrogen-bond donors (Lipinski definition) is 0. The van der Waals surface area contributed by atoms with Crippen LogP contribution in [-0.2, 0) is 0 Å². The van der Waals surface area contributed by atoms with E-state index in [1.54, 1.807) is 0 Å². The third kappa shape index (κ3) is 6.47. The summed E-state index contributed by atoms with van der Waals surface area (Å²) in [5, 5.41) is 0. The molecule has 0 spiro atoms. The maximum Gasteiger partial charge on any atom is -0.0166 e. The molecule has 14 heavy (non-hydrogen) atoms. The molecular formula is C14H20. The van der Waals surface area contributed by atoms with Crippen molar-refractivity contribution in [1.82, 2.24) is 0 Å². The second-order valence-electron chi connectivity index (χ2n) is 3.55. The lowest BCUT2D eigenvalue weighted by Gasteiger charge is -1.93. The maximum atomic E-state index is 2.30. The quantitative estimate of drug-likeness (QED) is 0.489. The van der Waals surface area contributed by atoms with Crippen molar-refractivity contribution in [3.63, 3.8) is 0 Å². The van der Waals surface area contributed by atoms with Crippen LogP contribution in [0.3, 0.4) is 0 Å². The van der Waals surface area contributed by atoms with E-state index in [9.17, 15) is 0 Å². The highest BCUT2D eigenvalue weighted by molar-refractivity contribution is 5.05. The van der Waals surface area contributed by atoms with Gasteiger partial charge in [0.1, 0.15) is 0 Å². The van der Waals surface area contributed by atoms with Gasteiger partial charge in [0, 0.05) is 0 Å². The molecule has 0 saturated heterocycles. The van der Waals surface area contributed by atoms with Crippen LogP contribution >= 0.6 is 0 Å². The van der Waals surface area contributed by atoms with Crippen molar-refractivity contribution in [3.8, 4) is 0 Å². The summed E-state index contributed by atoms with van der Waals surface area (Å²) in [6.07, 6.45) is 25.0. The normalized spacial score (nSPS) is 26.3. The van der Waals surface area contributed by atoms with E-state index in [2.05, 4.69) is 48.6 Å². The predicted octanol–water partition coefficient (Wildman–Crippen LogP) is 4.57. The summed E-state index contributed by atoms with van der Waals surface area (Å²) in [6.45, 7) is 0. The Kier molecular flexibility index (Phi) is 6.74. The monoisotopic (exact) mass is 188 g/mol. The zero-order valence-corrected chi connectivity index (χ0v) is 8.86. The summed E-state index contributed by atoms with van der Waals surface area (Å²) >= 11 is 0. The van der Waals surface area contributed by atoms with Crippen LogP contribution in [0.25, 0.3) is 0 Å². The van der Waals surface area contributed by atoms with Gasteiger partial charge in [-0.15, -0.1) is 0 Å². The van der Waals surface area contributed by atoms with Crippen molar-refractivity contribution in [2.24, 2.45) is 0 Å². The molecule has 0 bridgehead atoms. The van der Waals surface area contributed by atoms with Crippen LogP contribution in [0.15, 0.2) is 48.6 Å². The maximum absolute atomic E-state index is 2.30. The first-order chi connectivity index (χ1) is 7.00. The van der Waals surface area contributed by atoms with E-state index in [4.69, 9.17) is 0 Å². The van der Waals surface area contributed by atoms with E-state index in [-0.39, 0.29) is 0 Å². The summed E-state index contributed by atoms with van der Waals surface area (Å²) in [6, 6.07) is 0. The van der Waals surface area contributed by atoms with Gasteiger partial charge in [-0.05, 0) is 38.5 Å². The third-order valence-electron chi connectivity index (χ3n) is 2.25. The summed E-state index contributed by atoms with van der Waals surface area (Å²) in [7, 11) is 0. The molecule has 0 unspecified atom stereocenters. The number of hydrogen-bond acceptors (Lipinski definition) is 0. The van der Waals surface area contributed by atoms with Crippen LogP contribution in [0.4, 0.5) is 0 Å². The highest BCUT2D eigenvalue weighted by Gasteiger charge is 1.83. The molecule has 1 rings (SSSR count). The first kappa shape index (κ1) is 11.0. The molecule has 0 fully saturated rings. The highest BCUT2D eigenvalue weighted by Crippen LogP contribution is 2.03. The largest absolute Gasteiger partial charge is 0.0882 e. The molecule has 0 saturated carbocycles. The Balaban J connectivity index is 2.35. The smallest absolute Gasteiger partial charge is 0.0166 e. The Morgan fingerprint density at radius 3 is 1.93 bits per heavy atom. The van der Waals surface area contributed by atoms with E-state index >= 15 is 0 Å². The molecule has 1 aliphatic carbocycles. The minimum Gasteiger partial charge on any atom is -0.0882 e. The SMILES string of the molecule is C1=CC/C=C/CCCC/C=C/C=C\C1. The van der Waals surface area contributed by atoms with E-state index in [0.29, 0.717) is 0 Å². The Labute approximate surface area is 87.7 Å². The van der Waals surface area contributed by atoms with Gasteiger partial charge in [0.25, 0.3) is 0 Å². The van der Waals surface area contributed by atoms with Crippen molar-refractivity contribution in [3.05, 3.63) is 48.6 Å². The zero-order valence-electron chi connectivity index (χ0n) is 8.86. The zero-order chi connectivity index (χ0) is 9.90. The van der Waals surface area contributed by atoms with Gasteiger partial charge in [-0.3, -0.25) is 0 Å². The van der Waals surface area contributed by atoms with Crippen LogP contribution in [0, 0.1) is 0 Å². The standard InChI is InChI=1S/C14H20/c1-2-4-6-8-10-12-14-13-11-9-7-5-3-1/h1-4,7,9,13-14H,5-6,8,10-12H2/b3-1-,4-2+,9-7?,14-13+. The van der Waals surface area contributed by atoms with Crippen molar-refractivity contribution < 1.29 is 0 Å². The number of rotatable bonds is 0. The van der Waals surface area contributed by atoms with Gasteiger partial charge < -0.3 is 0 Å². The Morgan fingerprint density at radius 2 is 1.07 bits per heavy atom. The fraction of sp³-hybridized carbons (Fsp3) is 0.429. The van der Waals surface area contributed by atoms with Gasteiger partial charge in [0.2, 0.25) is 0 Å². The molecule has 0 amide bonds. The fourth-order valence-corrected chi connectivity index (χ4v) is 1.42. The highest BCUT2D eigenvalue weighted by atomic mass is 13.9. The van der Waals surface area contributed by atoms with Gasteiger partial charge in [-0.2, -0.15) is 0 Å². The molecule has 0 aromatic rings. The van der Waals surface area contributed by atoms with Crippen molar-refractivity contribution in [1.29, 1.82) is 0 Å². The molecular weight excluding hydrogens is 168 g/mol. The molecule has 0 nitrogen and oxygen atoms in total. The lowest BCUT2D eigenvalue weighted by Crippen LogP contribution is -1.72. The van der Waals surface area contributed by atoms with E-state index in [1.165, 1.54) is 25.7 Å². The average molecular weight is 188 g/mol. The van der Waals surface area contributed by atoms with Gasteiger partial charge in [0.05, 0.1) is 0 Å². The Morgan fingerprint density at radius 1 is 0.500 bits per heavy atom. The molecule has 0 atom stereocenters. The third-order valence-corrected chi connectivity index (χ3v) is 2.25. The van der Waals surface area contributed by atoms with E-state index in [0.717, 1.165) is 12.8 Å².